The number of amides is 1. The number of ether oxygens (including phenoxy) is 2. The fourth-order valence-corrected chi connectivity index (χ4v) is 2.51. The molecular formula is C16H19N3O3. The molecule has 6 heteroatoms. The van der Waals surface area contributed by atoms with E-state index in [-0.39, 0.29) is 18.7 Å². The highest BCUT2D eigenvalue weighted by Gasteiger charge is 2.17. The molecule has 1 amide bonds. The zero-order chi connectivity index (χ0) is 15.7. The number of fused-ring (bicyclic) bond motifs is 1. The van der Waals surface area contributed by atoms with Gasteiger partial charge in [0.2, 0.25) is 6.79 Å². The summed E-state index contributed by atoms with van der Waals surface area (Å²) in [6.45, 7) is 6.76. The van der Waals surface area contributed by atoms with Crippen molar-refractivity contribution < 1.29 is 14.3 Å². The van der Waals surface area contributed by atoms with Crippen molar-refractivity contribution in [1.82, 2.24) is 15.1 Å². The lowest BCUT2D eigenvalue weighted by atomic mass is 10.1. The first-order valence-electron chi connectivity index (χ1n) is 7.24. The molecule has 3 rings (SSSR count). The van der Waals surface area contributed by atoms with Crippen molar-refractivity contribution in [3.63, 3.8) is 0 Å². The monoisotopic (exact) mass is 301 g/mol. The minimum Gasteiger partial charge on any atom is -0.454 e. The number of aryl methyl sites for hydroxylation is 2. The lowest BCUT2D eigenvalue weighted by Gasteiger charge is -2.15. The van der Waals surface area contributed by atoms with Crippen molar-refractivity contribution in [2.75, 3.05) is 6.79 Å². The van der Waals surface area contributed by atoms with Gasteiger partial charge in [-0.2, -0.15) is 5.10 Å². The van der Waals surface area contributed by atoms with Crippen LogP contribution in [0.15, 0.2) is 24.3 Å². The number of nitrogens with zero attached hydrogens (tertiary/aromatic N) is 2. The summed E-state index contributed by atoms with van der Waals surface area (Å²) in [4.78, 5) is 12.3. The highest BCUT2D eigenvalue weighted by Crippen LogP contribution is 2.32. The van der Waals surface area contributed by atoms with Gasteiger partial charge in [0.1, 0.15) is 0 Å². The average molecular weight is 301 g/mol. The molecule has 0 unspecified atom stereocenters. The topological polar surface area (TPSA) is 65.4 Å². The van der Waals surface area contributed by atoms with Crippen LogP contribution in [0.3, 0.4) is 0 Å². The fourth-order valence-electron chi connectivity index (χ4n) is 2.51. The van der Waals surface area contributed by atoms with Crippen molar-refractivity contribution in [2.24, 2.45) is 0 Å². The Labute approximate surface area is 129 Å². The van der Waals surface area contributed by atoms with E-state index < -0.39 is 0 Å². The predicted octanol–water partition coefficient (Wildman–Crippen LogP) is 2.05. The van der Waals surface area contributed by atoms with E-state index in [4.69, 9.17) is 9.47 Å². The Morgan fingerprint density at radius 1 is 1.32 bits per heavy atom. The van der Waals surface area contributed by atoms with Crippen molar-refractivity contribution in [3.05, 3.63) is 41.2 Å². The molecule has 0 saturated carbocycles. The molecule has 1 N–H and O–H groups in total. The van der Waals surface area contributed by atoms with Gasteiger partial charge in [0.25, 0.3) is 5.91 Å². The van der Waals surface area contributed by atoms with Crippen LogP contribution in [0.1, 0.15) is 28.7 Å². The molecule has 1 aromatic heterocycles. The van der Waals surface area contributed by atoms with E-state index in [1.54, 1.807) is 18.2 Å². The van der Waals surface area contributed by atoms with Gasteiger partial charge in [-0.05, 0) is 45.0 Å². The number of aromatic nitrogens is 2. The smallest absolute Gasteiger partial charge is 0.251 e. The molecule has 0 radical (unpaired) electrons. The number of carbonyl (C=O) groups is 1. The van der Waals surface area contributed by atoms with Crippen LogP contribution < -0.4 is 14.8 Å². The maximum absolute atomic E-state index is 12.3. The SMILES string of the molecule is Cc1cc(C)n(C[C@@H](C)NC(=O)c2ccc3c(c2)OCO3)n1. The molecule has 0 spiro atoms. The van der Waals surface area contributed by atoms with Crippen LogP contribution in [0.25, 0.3) is 0 Å². The van der Waals surface area contributed by atoms with Gasteiger partial charge in [-0.25, -0.2) is 0 Å². The second kappa shape index (κ2) is 5.71. The molecule has 2 heterocycles. The lowest BCUT2D eigenvalue weighted by molar-refractivity contribution is 0.0935. The maximum Gasteiger partial charge on any atom is 0.251 e. The molecule has 2 aromatic rings. The molecule has 1 aliphatic rings. The van der Waals surface area contributed by atoms with Crippen molar-refractivity contribution in [1.29, 1.82) is 0 Å². The van der Waals surface area contributed by atoms with Gasteiger partial charge in [-0.15, -0.1) is 0 Å². The number of nitrogens with one attached hydrogen (secondary N) is 1. The Kier molecular flexibility index (Phi) is 3.75. The molecule has 22 heavy (non-hydrogen) atoms. The summed E-state index contributed by atoms with van der Waals surface area (Å²) in [7, 11) is 0. The van der Waals surface area contributed by atoms with Crippen LogP contribution in [0, 0.1) is 13.8 Å². The number of benzene rings is 1. The van der Waals surface area contributed by atoms with Gasteiger partial charge in [-0.3, -0.25) is 9.48 Å². The van der Waals surface area contributed by atoms with E-state index in [2.05, 4.69) is 10.4 Å². The van der Waals surface area contributed by atoms with Crippen molar-refractivity contribution in [2.45, 2.75) is 33.4 Å². The summed E-state index contributed by atoms with van der Waals surface area (Å²) in [6, 6.07) is 7.18. The van der Waals surface area contributed by atoms with Crippen LogP contribution in [0.5, 0.6) is 11.5 Å². The Morgan fingerprint density at radius 3 is 2.82 bits per heavy atom. The number of carbonyl (C=O) groups excluding carboxylic acids is 1. The predicted molar refractivity (Wildman–Crippen MR) is 81.2 cm³/mol. The Morgan fingerprint density at radius 2 is 2.09 bits per heavy atom. The summed E-state index contributed by atoms with van der Waals surface area (Å²) >= 11 is 0. The molecule has 0 saturated heterocycles. The Bertz CT molecular complexity index is 709. The Hall–Kier alpha value is -2.50. The number of hydrogen-bond donors (Lipinski definition) is 1. The van der Waals surface area contributed by atoms with Crippen molar-refractivity contribution in [3.8, 4) is 11.5 Å². The van der Waals surface area contributed by atoms with Crippen LogP contribution >= 0.6 is 0 Å². The first kappa shape index (κ1) is 14.4. The highest BCUT2D eigenvalue weighted by atomic mass is 16.7. The van der Waals surface area contributed by atoms with Crippen LogP contribution in [0.4, 0.5) is 0 Å². The third kappa shape index (κ3) is 2.90. The Balaban J connectivity index is 1.65. The number of hydrogen-bond acceptors (Lipinski definition) is 4. The molecule has 1 atom stereocenters. The zero-order valence-corrected chi connectivity index (χ0v) is 12.9. The summed E-state index contributed by atoms with van der Waals surface area (Å²) < 4.78 is 12.4. The van der Waals surface area contributed by atoms with Gasteiger partial charge < -0.3 is 14.8 Å². The minimum absolute atomic E-state index is 0.0316. The van der Waals surface area contributed by atoms with Gasteiger partial charge in [0.15, 0.2) is 11.5 Å². The zero-order valence-electron chi connectivity index (χ0n) is 12.9. The lowest BCUT2D eigenvalue weighted by Crippen LogP contribution is -2.36. The molecular weight excluding hydrogens is 282 g/mol. The van der Waals surface area contributed by atoms with Crippen molar-refractivity contribution >= 4 is 5.91 Å². The van der Waals surface area contributed by atoms with Gasteiger partial charge in [0, 0.05) is 17.3 Å². The summed E-state index contributed by atoms with van der Waals surface area (Å²) in [5.41, 5.74) is 2.62. The van der Waals surface area contributed by atoms with Gasteiger partial charge in [0.05, 0.1) is 12.2 Å². The highest BCUT2D eigenvalue weighted by molar-refractivity contribution is 5.95. The third-order valence-corrected chi connectivity index (χ3v) is 3.56. The van der Waals surface area contributed by atoms with E-state index in [0.29, 0.717) is 23.6 Å². The van der Waals surface area contributed by atoms with Crippen LogP contribution in [-0.2, 0) is 6.54 Å². The second-order valence-corrected chi connectivity index (χ2v) is 5.55. The average Bonchev–Trinajstić information content (AvgIpc) is 3.04. The molecule has 6 nitrogen and oxygen atoms in total. The molecule has 116 valence electrons. The molecule has 0 fully saturated rings. The fraction of sp³-hybridized carbons (Fsp3) is 0.375. The summed E-state index contributed by atoms with van der Waals surface area (Å²) in [5, 5.41) is 7.38. The third-order valence-electron chi connectivity index (χ3n) is 3.56. The van der Waals surface area contributed by atoms with E-state index >= 15 is 0 Å². The minimum atomic E-state index is -0.132. The standard InChI is InChI=1S/C16H19N3O3/c1-10-6-12(3)19(18-10)8-11(2)17-16(20)13-4-5-14-15(7-13)22-9-21-14/h4-7,11H,8-9H2,1-3H3,(H,17,20)/t11-/m1/s1. The molecule has 1 aromatic carbocycles. The maximum atomic E-state index is 12.3. The molecule has 0 aliphatic carbocycles. The largest absolute Gasteiger partial charge is 0.454 e. The van der Waals surface area contributed by atoms with Crippen LogP contribution in [0.2, 0.25) is 0 Å². The summed E-state index contributed by atoms with van der Waals surface area (Å²) in [6.07, 6.45) is 0. The second-order valence-electron chi connectivity index (χ2n) is 5.55. The van der Waals surface area contributed by atoms with E-state index in [0.717, 1.165) is 11.4 Å². The number of rotatable bonds is 4. The van der Waals surface area contributed by atoms with Gasteiger partial charge in [-0.1, -0.05) is 0 Å². The first-order chi connectivity index (χ1) is 10.5. The van der Waals surface area contributed by atoms with Gasteiger partial charge >= 0.3 is 0 Å². The first-order valence-corrected chi connectivity index (χ1v) is 7.24. The van der Waals surface area contributed by atoms with E-state index in [1.807, 2.05) is 31.5 Å². The molecule has 1 aliphatic heterocycles. The van der Waals surface area contributed by atoms with E-state index in [9.17, 15) is 4.79 Å². The normalized spacial score (nSPS) is 14.0. The summed E-state index contributed by atoms with van der Waals surface area (Å²) in [5.74, 6) is 1.15. The molecule has 0 bridgehead atoms. The quantitative estimate of drug-likeness (QED) is 0.938. The van der Waals surface area contributed by atoms with E-state index in [1.165, 1.54) is 0 Å². The van der Waals surface area contributed by atoms with Crippen LogP contribution in [-0.4, -0.2) is 28.5 Å².